The average Bonchev–Trinajstić information content (AvgIpc) is 3.41. The second-order valence-corrected chi connectivity index (χ2v) is 6.19. The fourth-order valence-corrected chi connectivity index (χ4v) is 3.37. The van der Waals surface area contributed by atoms with E-state index < -0.39 is 0 Å². The normalized spacial score (nSPS) is 10.8. The molecule has 0 saturated carbocycles. The molecule has 0 bridgehead atoms. The molecule has 0 amide bonds. The van der Waals surface area contributed by atoms with Crippen molar-refractivity contribution in [1.29, 1.82) is 0 Å². The number of aromatic nitrogens is 1. The summed E-state index contributed by atoms with van der Waals surface area (Å²) in [6.45, 7) is 0. The molecule has 0 spiro atoms. The molecule has 0 saturated heterocycles. The minimum atomic E-state index is -0.144. The van der Waals surface area contributed by atoms with E-state index in [1.165, 1.54) is 21.3 Å². The van der Waals surface area contributed by atoms with Crippen LogP contribution in [-0.2, 0) is 0 Å². The minimum absolute atomic E-state index is 0.144. The molecule has 0 aliphatic rings. The molecule has 0 aliphatic carbocycles. The van der Waals surface area contributed by atoms with Gasteiger partial charge in [0, 0.05) is 33.8 Å². The first-order valence-corrected chi connectivity index (χ1v) is 8.65. The summed E-state index contributed by atoms with van der Waals surface area (Å²) in [6.07, 6.45) is 5.02. The van der Waals surface area contributed by atoms with E-state index in [0.29, 0.717) is 28.4 Å². The van der Waals surface area contributed by atoms with Crippen LogP contribution in [0.25, 0.3) is 22.0 Å². The second kappa shape index (κ2) is 7.15. The Bertz CT molecular complexity index is 1120. The van der Waals surface area contributed by atoms with E-state index in [1.54, 1.807) is 30.9 Å². The van der Waals surface area contributed by atoms with E-state index in [-0.39, 0.29) is 5.78 Å². The van der Waals surface area contributed by atoms with Crippen LogP contribution in [0.2, 0.25) is 0 Å². The van der Waals surface area contributed by atoms with Crippen LogP contribution >= 0.6 is 0 Å². The van der Waals surface area contributed by atoms with Gasteiger partial charge in [-0.1, -0.05) is 18.2 Å². The Labute approximate surface area is 161 Å². The predicted molar refractivity (Wildman–Crippen MR) is 106 cm³/mol. The maximum Gasteiger partial charge on any atom is 0.203 e. The number of hydrogen-bond donors (Lipinski definition) is 1. The third-order valence-electron chi connectivity index (χ3n) is 4.72. The maximum absolute atomic E-state index is 13.3. The first kappa shape index (κ1) is 17.7. The first-order chi connectivity index (χ1) is 13.7. The lowest BCUT2D eigenvalue weighted by molar-refractivity contribution is 0.103. The Morgan fingerprint density at radius 3 is 2.36 bits per heavy atom. The number of benzene rings is 2. The molecule has 142 valence electrons. The summed E-state index contributed by atoms with van der Waals surface area (Å²) >= 11 is 0. The molecular formula is C22H19NO5. The van der Waals surface area contributed by atoms with E-state index in [4.69, 9.17) is 18.6 Å². The van der Waals surface area contributed by atoms with Gasteiger partial charge in [0.25, 0.3) is 0 Å². The molecule has 0 fully saturated rings. The van der Waals surface area contributed by atoms with Crippen molar-refractivity contribution in [3.63, 3.8) is 0 Å². The number of furan rings is 1. The highest BCUT2D eigenvalue weighted by Gasteiger charge is 2.21. The predicted octanol–water partition coefficient (Wildman–Crippen LogP) is 4.68. The SMILES string of the molecule is COc1cc(C(=O)c2c[nH]c3c(-c4ccoc4)cccc23)cc(OC)c1OC. The van der Waals surface area contributed by atoms with Crippen molar-refractivity contribution in [3.8, 4) is 28.4 Å². The van der Waals surface area contributed by atoms with Crippen molar-refractivity contribution >= 4 is 16.7 Å². The van der Waals surface area contributed by atoms with Gasteiger partial charge in [-0.05, 0) is 18.2 Å². The van der Waals surface area contributed by atoms with Crippen LogP contribution in [0.1, 0.15) is 15.9 Å². The zero-order valence-electron chi connectivity index (χ0n) is 15.7. The van der Waals surface area contributed by atoms with Crippen molar-refractivity contribution in [1.82, 2.24) is 4.98 Å². The number of methoxy groups -OCH3 is 3. The van der Waals surface area contributed by atoms with E-state index in [1.807, 2.05) is 24.3 Å². The standard InChI is InChI=1S/C22H19NO5/c1-25-18-9-14(10-19(26-2)22(18)27-3)21(24)17-11-23-20-15(5-4-6-16(17)20)13-7-8-28-12-13/h4-12,23H,1-3H3. The lowest BCUT2D eigenvalue weighted by Gasteiger charge is -2.13. The van der Waals surface area contributed by atoms with Gasteiger partial charge in [0.1, 0.15) is 0 Å². The quantitative estimate of drug-likeness (QED) is 0.494. The largest absolute Gasteiger partial charge is 0.493 e. The molecule has 0 unspecified atom stereocenters. The van der Waals surface area contributed by atoms with Crippen molar-refractivity contribution in [2.45, 2.75) is 0 Å². The molecule has 2 aromatic heterocycles. The number of fused-ring (bicyclic) bond motifs is 1. The van der Waals surface area contributed by atoms with Gasteiger partial charge in [-0.25, -0.2) is 0 Å². The number of ketones is 1. The van der Waals surface area contributed by atoms with Gasteiger partial charge < -0.3 is 23.6 Å². The summed E-state index contributed by atoms with van der Waals surface area (Å²) in [4.78, 5) is 16.5. The summed E-state index contributed by atoms with van der Waals surface area (Å²) in [5, 5.41) is 0.831. The van der Waals surface area contributed by atoms with Gasteiger partial charge in [0.2, 0.25) is 5.75 Å². The Morgan fingerprint density at radius 2 is 1.75 bits per heavy atom. The van der Waals surface area contributed by atoms with Gasteiger partial charge in [-0.3, -0.25) is 4.79 Å². The van der Waals surface area contributed by atoms with Crippen molar-refractivity contribution in [3.05, 3.63) is 66.2 Å². The first-order valence-electron chi connectivity index (χ1n) is 8.65. The van der Waals surface area contributed by atoms with Gasteiger partial charge in [-0.2, -0.15) is 0 Å². The van der Waals surface area contributed by atoms with Gasteiger partial charge in [0.15, 0.2) is 17.3 Å². The number of carbonyl (C=O) groups is 1. The van der Waals surface area contributed by atoms with Crippen LogP contribution in [0.4, 0.5) is 0 Å². The molecule has 1 N–H and O–H groups in total. The van der Waals surface area contributed by atoms with Crippen LogP contribution in [-0.4, -0.2) is 32.1 Å². The fourth-order valence-electron chi connectivity index (χ4n) is 3.37. The monoisotopic (exact) mass is 377 g/mol. The molecule has 6 heteroatoms. The van der Waals surface area contributed by atoms with Crippen LogP contribution in [0.15, 0.2) is 59.5 Å². The fraction of sp³-hybridized carbons (Fsp3) is 0.136. The minimum Gasteiger partial charge on any atom is -0.493 e. The lowest BCUT2D eigenvalue weighted by atomic mass is 9.99. The zero-order valence-corrected chi connectivity index (χ0v) is 15.7. The van der Waals surface area contributed by atoms with Crippen LogP contribution in [0.3, 0.4) is 0 Å². The van der Waals surface area contributed by atoms with Crippen molar-refractivity contribution in [2.75, 3.05) is 21.3 Å². The number of para-hydroxylation sites is 1. The smallest absolute Gasteiger partial charge is 0.203 e. The van der Waals surface area contributed by atoms with Crippen LogP contribution in [0, 0.1) is 0 Å². The number of nitrogens with one attached hydrogen (secondary N) is 1. The average molecular weight is 377 g/mol. The van der Waals surface area contributed by atoms with Crippen molar-refractivity contribution < 1.29 is 23.4 Å². The summed E-state index contributed by atoms with van der Waals surface area (Å²) in [7, 11) is 4.57. The molecule has 4 rings (SSSR count). The summed E-state index contributed by atoms with van der Waals surface area (Å²) in [5.41, 5.74) is 3.80. The second-order valence-electron chi connectivity index (χ2n) is 6.19. The molecule has 2 aromatic carbocycles. The Balaban J connectivity index is 1.83. The van der Waals surface area contributed by atoms with E-state index in [0.717, 1.165) is 22.0 Å². The highest BCUT2D eigenvalue weighted by atomic mass is 16.5. The third-order valence-corrected chi connectivity index (χ3v) is 4.72. The number of hydrogen-bond acceptors (Lipinski definition) is 5. The molecule has 4 aromatic rings. The molecule has 2 heterocycles. The van der Waals surface area contributed by atoms with E-state index in [2.05, 4.69) is 4.98 Å². The van der Waals surface area contributed by atoms with E-state index in [9.17, 15) is 4.79 Å². The van der Waals surface area contributed by atoms with Crippen LogP contribution in [0.5, 0.6) is 17.2 Å². The topological polar surface area (TPSA) is 73.7 Å². The number of aromatic amines is 1. The highest BCUT2D eigenvalue weighted by molar-refractivity contribution is 6.18. The molecule has 0 aliphatic heterocycles. The van der Waals surface area contributed by atoms with Crippen LogP contribution < -0.4 is 14.2 Å². The van der Waals surface area contributed by atoms with E-state index >= 15 is 0 Å². The highest BCUT2D eigenvalue weighted by Crippen LogP contribution is 2.39. The van der Waals surface area contributed by atoms with Gasteiger partial charge >= 0.3 is 0 Å². The van der Waals surface area contributed by atoms with Crippen molar-refractivity contribution in [2.24, 2.45) is 0 Å². The summed E-state index contributed by atoms with van der Waals surface area (Å²) in [6, 6.07) is 11.0. The summed E-state index contributed by atoms with van der Waals surface area (Å²) in [5.74, 6) is 1.17. The molecule has 0 atom stereocenters. The maximum atomic E-state index is 13.3. The number of ether oxygens (including phenoxy) is 3. The number of rotatable bonds is 6. The molecular weight excluding hydrogens is 358 g/mol. The third kappa shape index (κ3) is 2.79. The summed E-state index contributed by atoms with van der Waals surface area (Å²) < 4.78 is 21.3. The molecule has 6 nitrogen and oxygen atoms in total. The van der Waals surface area contributed by atoms with Gasteiger partial charge in [0.05, 0.1) is 39.4 Å². The molecule has 28 heavy (non-hydrogen) atoms. The Hall–Kier alpha value is -3.67. The zero-order chi connectivity index (χ0) is 19.7. The Kier molecular flexibility index (Phi) is 4.53. The van der Waals surface area contributed by atoms with Gasteiger partial charge in [-0.15, -0.1) is 0 Å². The number of carbonyl (C=O) groups excluding carboxylic acids is 1. The Morgan fingerprint density at radius 1 is 1.00 bits per heavy atom. The number of H-pyrrole nitrogens is 1. The lowest BCUT2D eigenvalue weighted by Crippen LogP contribution is -2.03. The molecule has 0 radical (unpaired) electrons.